The van der Waals surface area contributed by atoms with E-state index in [2.05, 4.69) is 31.1 Å². The van der Waals surface area contributed by atoms with Gasteiger partial charge in [0.15, 0.2) is 11.5 Å². The van der Waals surface area contributed by atoms with Gasteiger partial charge in [-0.25, -0.2) is 13.8 Å². The van der Waals surface area contributed by atoms with E-state index in [0.717, 1.165) is 17.4 Å². The second-order valence-electron chi connectivity index (χ2n) is 8.67. The molecule has 200 valence electrons. The fraction of sp³-hybridized carbons (Fsp3) is 0.333. The number of carbonyl (C=O) groups excluding carboxylic acids is 1. The van der Waals surface area contributed by atoms with Gasteiger partial charge in [-0.3, -0.25) is 4.79 Å². The minimum absolute atomic E-state index is 0.0322. The van der Waals surface area contributed by atoms with E-state index in [1.165, 1.54) is 12.3 Å². The van der Waals surface area contributed by atoms with Crippen molar-refractivity contribution in [2.45, 2.75) is 37.8 Å². The highest BCUT2D eigenvalue weighted by Crippen LogP contribution is 2.43. The quantitative estimate of drug-likeness (QED) is 0.287. The minimum Gasteiger partial charge on any atom is -0.378 e. The van der Waals surface area contributed by atoms with E-state index in [1.807, 2.05) is 0 Å². The van der Waals surface area contributed by atoms with Crippen LogP contribution in [0.3, 0.4) is 0 Å². The summed E-state index contributed by atoms with van der Waals surface area (Å²) in [5.74, 6) is -1.81. The molecule has 1 amide bonds. The van der Waals surface area contributed by atoms with Gasteiger partial charge in [0, 0.05) is 12.7 Å². The van der Waals surface area contributed by atoms with Crippen LogP contribution in [0.25, 0.3) is 20.8 Å². The Kier molecular flexibility index (Phi) is 7.25. The van der Waals surface area contributed by atoms with Gasteiger partial charge in [0.1, 0.15) is 6.17 Å². The number of fused-ring (bicyclic) bond motifs is 1. The molecule has 0 spiro atoms. The van der Waals surface area contributed by atoms with E-state index >= 15 is 0 Å². The van der Waals surface area contributed by atoms with Crippen LogP contribution in [0.15, 0.2) is 41.1 Å². The zero-order valence-corrected chi connectivity index (χ0v) is 20.4. The third-order valence-electron chi connectivity index (χ3n) is 5.99. The maximum atomic E-state index is 14.4. The molecule has 3 N–H and O–H groups in total. The van der Waals surface area contributed by atoms with Crippen LogP contribution >= 0.6 is 11.3 Å². The fourth-order valence-corrected chi connectivity index (χ4v) is 5.46. The van der Waals surface area contributed by atoms with Gasteiger partial charge in [0.25, 0.3) is 5.91 Å². The highest BCUT2D eigenvalue weighted by molar-refractivity contribution is 7.23. The van der Waals surface area contributed by atoms with E-state index in [9.17, 15) is 26.7 Å². The van der Waals surface area contributed by atoms with E-state index in [1.54, 1.807) is 18.2 Å². The standard InChI is InChI=1S/C24H21F5N6O2S/c25-14-4-2-7-31-19(14)23(36)32-11-18-34-22(35-37-18)21-13(9-24(27,28)29)12-3-1-5-17(20(12)38-21)33-16-6-8-30-10-15(16)26/h1-5,7,15-16,30,33H,6,8-11H2,(H,32,36)/t15-,16+/m0/s1. The molecule has 0 radical (unpaired) electrons. The molecule has 1 aliphatic rings. The van der Waals surface area contributed by atoms with Crippen LogP contribution in [0.1, 0.15) is 28.4 Å². The predicted octanol–water partition coefficient (Wildman–Crippen LogP) is 4.63. The number of hydrogen-bond acceptors (Lipinski definition) is 8. The van der Waals surface area contributed by atoms with Gasteiger partial charge in [0.2, 0.25) is 11.7 Å². The molecule has 0 bridgehead atoms. The molecule has 2 atom stereocenters. The summed E-state index contributed by atoms with van der Waals surface area (Å²) in [6.07, 6.45) is -5.12. The summed E-state index contributed by atoms with van der Waals surface area (Å²) in [4.78, 5) is 20.2. The maximum Gasteiger partial charge on any atom is 0.393 e. The summed E-state index contributed by atoms with van der Waals surface area (Å²) in [5, 5.41) is 12.7. The minimum atomic E-state index is -4.52. The molecule has 0 unspecified atom stereocenters. The molecule has 0 aliphatic carbocycles. The third-order valence-corrected chi connectivity index (χ3v) is 7.27. The number of thiophene rings is 1. The van der Waals surface area contributed by atoms with Gasteiger partial charge in [-0.15, -0.1) is 11.3 Å². The number of nitrogens with one attached hydrogen (secondary N) is 3. The van der Waals surface area contributed by atoms with E-state index in [0.29, 0.717) is 28.7 Å². The first-order valence-corrected chi connectivity index (χ1v) is 12.5. The van der Waals surface area contributed by atoms with Gasteiger partial charge in [-0.2, -0.15) is 18.2 Å². The van der Waals surface area contributed by atoms with Crippen molar-refractivity contribution in [1.29, 1.82) is 0 Å². The Morgan fingerprint density at radius 2 is 2.08 bits per heavy atom. The second kappa shape index (κ2) is 10.6. The Bertz CT molecular complexity index is 1460. The number of rotatable bonds is 7. The van der Waals surface area contributed by atoms with Crippen molar-refractivity contribution in [3.63, 3.8) is 0 Å². The van der Waals surface area contributed by atoms with Gasteiger partial charge < -0.3 is 20.5 Å². The number of amides is 1. The van der Waals surface area contributed by atoms with Crippen LogP contribution in [0.2, 0.25) is 0 Å². The smallest absolute Gasteiger partial charge is 0.378 e. The molecule has 14 heteroatoms. The van der Waals surface area contributed by atoms with Crippen LogP contribution < -0.4 is 16.0 Å². The lowest BCUT2D eigenvalue weighted by Gasteiger charge is -2.28. The largest absolute Gasteiger partial charge is 0.393 e. The second-order valence-corrected chi connectivity index (χ2v) is 9.69. The van der Waals surface area contributed by atoms with Crippen LogP contribution in [0.5, 0.6) is 0 Å². The van der Waals surface area contributed by atoms with Crippen LogP contribution in [-0.2, 0) is 13.0 Å². The number of piperidine rings is 1. The van der Waals surface area contributed by atoms with Crippen LogP contribution in [0, 0.1) is 5.82 Å². The highest BCUT2D eigenvalue weighted by atomic mass is 32.1. The van der Waals surface area contributed by atoms with E-state index in [4.69, 9.17) is 4.52 Å². The molecule has 0 saturated carbocycles. The number of benzene rings is 1. The molecule has 3 aromatic heterocycles. The number of carbonyl (C=O) groups is 1. The third kappa shape index (κ3) is 5.60. The Balaban J connectivity index is 1.44. The summed E-state index contributed by atoms with van der Waals surface area (Å²) in [6.45, 7) is 0.526. The van der Waals surface area contributed by atoms with Crippen molar-refractivity contribution < 1.29 is 31.3 Å². The van der Waals surface area contributed by atoms with Crippen LogP contribution in [-0.4, -0.2) is 52.5 Å². The van der Waals surface area contributed by atoms with Crippen molar-refractivity contribution in [2.75, 3.05) is 18.4 Å². The molecule has 8 nitrogen and oxygen atoms in total. The number of aromatic nitrogens is 3. The van der Waals surface area contributed by atoms with Crippen molar-refractivity contribution >= 4 is 33.0 Å². The Morgan fingerprint density at radius 1 is 1.24 bits per heavy atom. The zero-order valence-electron chi connectivity index (χ0n) is 19.6. The lowest BCUT2D eigenvalue weighted by atomic mass is 10.0. The van der Waals surface area contributed by atoms with Crippen molar-refractivity contribution in [2.24, 2.45) is 0 Å². The Hall–Kier alpha value is -3.65. The van der Waals surface area contributed by atoms with Gasteiger partial charge in [0.05, 0.1) is 34.3 Å². The first-order chi connectivity index (χ1) is 18.2. The number of nitrogens with zero attached hydrogens (tertiary/aromatic N) is 3. The van der Waals surface area contributed by atoms with Gasteiger partial charge in [-0.05, 0) is 42.1 Å². The predicted molar refractivity (Wildman–Crippen MR) is 130 cm³/mol. The zero-order chi connectivity index (χ0) is 26.9. The van der Waals surface area contributed by atoms with Gasteiger partial charge >= 0.3 is 6.18 Å². The molecule has 4 aromatic rings. The van der Waals surface area contributed by atoms with E-state index in [-0.39, 0.29) is 35.2 Å². The summed E-state index contributed by atoms with van der Waals surface area (Å²) in [6, 6.07) is 6.82. The molecule has 4 heterocycles. The first-order valence-electron chi connectivity index (χ1n) is 11.6. The molecule has 1 saturated heterocycles. The summed E-state index contributed by atoms with van der Waals surface area (Å²) >= 11 is 1.04. The molecule has 38 heavy (non-hydrogen) atoms. The SMILES string of the molecule is O=C(NCc1nc(-c2sc3c(N[C@@H]4CCNC[C@@H]4F)cccc3c2CC(F)(F)F)no1)c1ncccc1F. The molecule has 1 fully saturated rings. The number of hydrogen-bond donors (Lipinski definition) is 3. The molecule has 5 rings (SSSR count). The normalized spacial score (nSPS) is 18.0. The average Bonchev–Trinajstić information content (AvgIpc) is 3.49. The maximum absolute atomic E-state index is 14.4. The van der Waals surface area contributed by atoms with Crippen molar-refractivity contribution in [1.82, 2.24) is 25.8 Å². The summed E-state index contributed by atoms with van der Waals surface area (Å²) in [5.41, 5.74) is 0.0637. The number of pyridine rings is 1. The fourth-order valence-electron chi connectivity index (χ4n) is 4.24. The molecule has 1 aliphatic heterocycles. The van der Waals surface area contributed by atoms with Crippen molar-refractivity contribution in [3.05, 3.63) is 59.5 Å². The Morgan fingerprint density at radius 3 is 2.84 bits per heavy atom. The highest BCUT2D eigenvalue weighted by Gasteiger charge is 2.33. The molecular formula is C24H21F5N6O2S. The van der Waals surface area contributed by atoms with E-state index < -0.39 is 42.2 Å². The summed E-state index contributed by atoms with van der Waals surface area (Å²) in [7, 11) is 0. The first kappa shape index (κ1) is 26.0. The lowest BCUT2D eigenvalue weighted by molar-refractivity contribution is -0.126. The van der Waals surface area contributed by atoms with Crippen molar-refractivity contribution in [3.8, 4) is 10.7 Å². The van der Waals surface area contributed by atoms with Gasteiger partial charge in [-0.1, -0.05) is 17.3 Å². The Labute approximate surface area is 216 Å². The number of halogens is 5. The average molecular weight is 553 g/mol. The monoisotopic (exact) mass is 552 g/mol. The number of anilines is 1. The molecule has 1 aromatic carbocycles. The molecular weight excluding hydrogens is 531 g/mol. The van der Waals surface area contributed by atoms with Crippen LogP contribution in [0.4, 0.5) is 27.6 Å². The lowest BCUT2D eigenvalue weighted by Crippen LogP contribution is -2.45. The number of alkyl halides is 4. The summed E-state index contributed by atoms with van der Waals surface area (Å²) < 4.78 is 74.5. The topological polar surface area (TPSA) is 105 Å².